The molecule has 3 aromatic rings. The van der Waals surface area contributed by atoms with Gasteiger partial charge in [0.15, 0.2) is 0 Å². The minimum atomic E-state index is 0.613. The van der Waals surface area contributed by atoms with E-state index in [1.54, 1.807) is 0 Å². The number of anilines is 3. The molecule has 4 heteroatoms. The van der Waals surface area contributed by atoms with Gasteiger partial charge in [-0.05, 0) is 86.1 Å². The second-order valence-electron chi connectivity index (χ2n) is 8.83. The molecule has 2 N–H and O–H groups in total. The third-order valence-corrected chi connectivity index (χ3v) is 6.98. The second kappa shape index (κ2) is 8.27. The van der Waals surface area contributed by atoms with Crippen LogP contribution in [0.3, 0.4) is 0 Å². The fourth-order valence-electron chi connectivity index (χ4n) is 5.22. The maximum Gasteiger partial charge on any atom is 0.129 e. The van der Waals surface area contributed by atoms with Crippen LogP contribution in [0.15, 0.2) is 54.6 Å². The van der Waals surface area contributed by atoms with Crippen LogP contribution in [0, 0.1) is 5.92 Å². The summed E-state index contributed by atoms with van der Waals surface area (Å²) in [5, 5.41) is 1.19. The molecule has 30 heavy (non-hydrogen) atoms. The molecule has 2 aliphatic heterocycles. The molecule has 156 valence electrons. The Morgan fingerprint density at radius 3 is 2.40 bits per heavy atom. The van der Waals surface area contributed by atoms with Crippen LogP contribution in [0.1, 0.15) is 38.2 Å². The van der Waals surface area contributed by atoms with Crippen molar-refractivity contribution in [1.82, 2.24) is 4.98 Å². The maximum atomic E-state index is 5.95. The van der Waals surface area contributed by atoms with Gasteiger partial charge in [-0.25, -0.2) is 4.98 Å². The number of pyridine rings is 1. The maximum absolute atomic E-state index is 5.95. The van der Waals surface area contributed by atoms with Gasteiger partial charge in [0.05, 0.1) is 5.52 Å². The lowest BCUT2D eigenvalue weighted by Crippen LogP contribution is -2.48. The second-order valence-corrected chi connectivity index (χ2v) is 8.83. The first kappa shape index (κ1) is 19.4. The van der Waals surface area contributed by atoms with Crippen LogP contribution in [-0.2, 0) is 6.42 Å². The quantitative estimate of drug-likeness (QED) is 0.612. The Morgan fingerprint density at radius 2 is 1.73 bits per heavy atom. The lowest BCUT2D eigenvalue weighted by atomic mass is 9.80. The number of nitrogens with zero attached hydrogens (tertiary/aromatic N) is 3. The van der Waals surface area contributed by atoms with Gasteiger partial charge in [-0.3, -0.25) is 0 Å². The van der Waals surface area contributed by atoms with Crippen LogP contribution in [0.4, 0.5) is 17.2 Å². The van der Waals surface area contributed by atoms with E-state index in [1.807, 2.05) is 0 Å². The lowest BCUT2D eigenvalue weighted by molar-refractivity contribution is 0.251. The van der Waals surface area contributed by atoms with Crippen LogP contribution in [-0.4, -0.2) is 30.7 Å². The summed E-state index contributed by atoms with van der Waals surface area (Å²) in [6.45, 7) is 4.77. The van der Waals surface area contributed by atoms with Crippen molar-refractivity contribution in [3.05, 3.63) is 60.2 Å². The van der Waals surface area contributed by atoms with E-state index in [9.17, 15) is 0 Å². The Morgan fingerprint density at radius 1 is 0.967 bits per heavy atom. The molecule has 1 aromatic heterocycles. The average Bonchev–Trinajstić information content (AvgIpc) is 2.83. The molecule has 3 fully saturated rings. The number of hydrogen-bond donors (Lipinski definition) is 1. The fourth-order valence-corrected chi connectivity index (χ4v) is 5.22. The third-order valence-electron chi connectivity index (χ3n) is 6.98. The van der Waals surface area contributed by atoms with Gasteiger partial charge in [-0.2, -0.15) is 0 Å². The monoisotopic (exact) mass is 400 g/mol. The number of aromatic nitrogens is 1. The zero-order valence-electron chi connectivity index (χ0n) is 17.9. The largest absolute Gasteiger partial charge is 0.353 e. The first-order valence-electron chi connectivity index (χ1n) is 11.5. The highest BCUT2D eigenvalue weighted by atomic mass is 15.2. The molecule has 0 spiro atoms. The lowest BCUT2D eigenvalue weighted by Gasteiger charge is -2.46. The molecule has 3 heterocycles. The minimum absolute atomic E-state index is 0.613. The molecule has 0 unspecified atom stereocenters. The summed E-state index contributed by atoms with van der Waals surface area (Å²) in [5.74, 6) is 2.01. The SMILES string of the molecule is CCc1ccc(N(CCN)c2ccc3nc(N4CC5CCC4CC5)ccc3c2)cc1. The Balaban J connectivity index is 1.44. The normalized spacial score (nSPS) is 20.7. The summed E-state index contributed by atoms with van der Waals surface area (Å²) in [6.07, 6.45) is 6.50. The molecular formula is C26H32N4. The first-order valence-corrected chi connectivity index (χ1v) is 11.5. The van der Waals surface area contributed by atoms with Crippen molar-refractivity contribution in [2.24, 2.45) is 11.7 Å². The van der Waals surface area contributed by atoms with E-state index in [4.69, 9.17) is 10.7 Å². The number of rotatable bonds is 6. The average molecular weight is 401 g/mol. The Kier molecular flexibility index (Phi) is 5.34. The Hall–Kier alpha value is -2.59. The van der Waals surface area contributed by atoms with Crippen LogP contribution in [0.2, 0.25) is 0 Å². The zero-order chi connectivity index (χ0) is 20.5. The summed E-state index contributed by atoms with van der Waals surface area (Å²) in [6, 6.07) is 20.6. The number of fused-ring (bicyclic) bond motifs is 4. The fraction of sp³-hybridized carbons (Fsp3) is 0.423. The van der Waals surface area contributed by atoms with Crippen molar-refractivity contribution < 1.29 is 0 Å². The van der Waals surface area contributed by atoms with E-state index in [0.717, 1.165) is 30.2 Å². The standard InChI is InChI=1S/C26H32N4/c1-2-19-3-8-22(9-4-19)29(16-15-27)24-12-13-25-21(17-24)7-14-26(28-25)30-18-20-5-10-23(30)11-6-20/h3-4,7-9,12-14,17,20,23H,2,5-6,10-11,15-16,18,27H2,1H3. The van der Waals surface area contributed by atoms with Crippen molar-refractivity contribution in [1.29, 1.82) is 0 Å². The first-order chi connectivity index (χ1) is 14.7. The van der Waals surface area contributed by atoms with Gasteiger partial charge < -0.3 is 15.5 Å². The van der Waals surface area contributed by atoms with Crippen molar-refractivity contribution >= 4 is 28.1 Å². The van der Waals surface area contributed by atoms with E-state index < -0.39 is 0 Å². The predicted octanol–water partition coefficient (Wildman–Crippen LogP) is 5.27. The molecule has 0 atom stereocenters. The number of hydrogen-bond acceptors (Lipinski definition) is 4. The van der Waals surface area contributed by atoms with Crippen LogP contribution < -0.4 is 15.5 Å². The Labute approximate surface area is 179 Å². The zero-order valence-corrected chi connectivity index (χ0v) is 17.9. The molecule has 1 aliphatic carbocycles. The molecule has 2 aromatic carbocycles. The number of aryl methyl sites for hydroxylation is 1. The van der Waals surface area contributed by atoms with Gasteiger partial charge in [0.2, 0.25) is 0 Å². The van der Waals surface area contributed by atoms with Gasteiger partial charge in [0, 0.05) is 42.4 Å². The molecule has 2 bridgehead atoms. The predicted molar refractivity (Wildman–Crippen MR) is 127 cm³/mol. The highest BCUT2D eigenvalue weighted by Crippen LogP contribution is 2.38. The van der Waals surface area contributed by atoms with E-state index in [1.165, 1.54) is 54.6 Å². The topological polar surface area (TPSA) is 45.4 Å². The molecule has 1 saturated carbocycles. The summed E-state index contributed by atoms with van der Waals surface area (Å²) < 4.78 is 0. The summed E-state index contributed by atoms with van der Waals surface area (Å²) in [7, 11) is 0. The summed E-state index contributed by atoms with van der Waals surface area (Å²) >= 11 is 0. The van der Waals surface area contributed by atoms with Gasteiger partial charge >= 0.3 is 0 Å². The van der Waals surface area contributed by atoms with Crippen molar-refractivity contribution in [2.45, 2.75) is 45.1 Å². The van der Waals surface area contributed by atoms with Crippen molar-refractivity contribution in [2.75, 3.05) is 29.4 Å². The van der Waals surface area contributed by atoms with Crippen molar-refractivity contribution in [3.8, 4) is 0 Å². The van der Waals surface area contributed by atoms with E-state index >= 15 is 0 Å². The van der Waals surface area contributed by atoms with E-state index in [0.29, 0.717) is 12.6 Å². The van der Waals surface area contributed by atoms with Gasteiger partial charge in [0.25, 0.3) is 0 Å². The summed E-state index contributed by atoms with van der Waals surface area (Å²) in [4.78, 5) is 9.90. The highest BCUT2D eigenvalue weighted by Gasteiger charge is 2.34. The number of nitrogens with two attached hydrogens (primary N) is 1. The van der Waals surface area contributed by atoms with Gasteiger partial charge in [-0.1, -0.05) is 19.1 Å². The van der Waals surface area contributed by atoms with Gasteiger partial charge in [0.1, 0.15) is 5.82 Å². The minimum Gasteiger partial charge on any atom is -0.353 e. The number of benzene rings is 2. The summed E-state index contributed by atoms with van der Waals surface area (Å²) in [5.41, 5.74) is 10.7. The van der Waals surface area contributed by atoms with E-state index in [-0.39, 0.29) is 0 Å². The molecule has 3 aliphatic rings. The van der Waals surface area contributed by atoms with Crippen LogP contribution in [0.25, 0.3) is 10.9 Å². The molecule has 6 rings (SSSR count). The third kappa shape index (κ3) is 3.65. The molecule has 0 amide bonds. The Bertz CT molecular complexity index is 1010. The van der Waals surface area contributed by atoms with E-state index in [2.05, 4.69) is 71.3 Å². The van der Waals surface area contributed by atoms with Crippen molar-refractivity contribution in [3.63, 3.8) is 0 Å². The smallest absolute Gasteiger partial charge is 0.129 e. The molecule has 0 radical (unpaired) electrons. The van der Waals surface area contributed by atoms with Gasteiger partial charge in [-0.15, -0.1) is 0 Å². The molecular weight excluding hydrogens is 368 g/mol. The van der Waals surface area contributed by atoms with Crippen LogP contribution >= 0.6 is 0 Å². The molecule has 2 saturated heterocycles. The van der Waals surface area contributed by atoms with Crippen LogP contribution in [0.5, 0.6) is 0 Å². The number of piperidine rings is 2. The molecule has 4 nitrogen and oxygen atoms in total. The highest BCUT2D eigenvalue weighted by molar-refractivity contribution is 5.85.